The van der Waals surface area contributed by atoms with Crippen LogP contribution in [-0.4, -0.2) is 10.1 Å². The smallest absolute Gasteiger partial charge is 0.0491 e. The van der Waals surface area contributed by atoms with Crippen LogP contribution in [0.2, 0.25) is 0 Å². The highest BCUT2D eigenvalue weighted by molar-refractivity contribution is 6.08. The molecule has 134 valence electrons. The molecule has 1 N–H and O–H groups in total. The minimum absolute atomic E-state index is 0.447. The van der Waals surface area contributed by atoms with E-state index in [1.165, 1.54) is 65.9 Å². The summed E-state index contributed by atoms with van der Waals surface area (Å²) >= 11 is 0. The summed E-state index contributed by atoms with van der Waals surface area (Å²) in [5.41, 5.74) is 4.56. The Balaban J connectivity index is 1.30. The monoisotopic (exact) mass is 344 g/mol. The van der Waals surface area contributed by atoms with Crippen LogP contribution in [-0.2, 0) is 13.6 Å². The van der Waals surface area contributed by atoms with Gasteiger partial charge in [-0.2, -0.15) is 0 Å². The van der Waals surface area contributed by atoms with Crippen LogP contribution < -0.4 is 5.32 Å². The summed E-state index contributed by atoms with van der Waals surface area (Å²) in [7, 11) is 2.20. The fourth-order valence-corrected chi connectivity index (χ4v) is 6.93. The van der Waals surface area contributed by atoms with E-state index in [0.717, 1.165) is 24.3 Å². The first-order valence-corrected chi connectivity index (χ1v) is 10.4. The van der Waals surface area contributed by atoms with Gasteiger partial charge in [0.25, 0.3) is 0 Å². The summed E-state index contributed by atoms with van der Waals surface area (Å²) in [6, 6.07) is 15.8. The maximum Gasteiger partial charge on any atom is 0.0491 e. The summed E-state index contributed by atoms with van der Waals surface area (Å²) in [5.74, 6) is 3.03. The number of hydrogen-bond acceptors (Lipinski definition) is 1. The van der Waals surface area contributed by atoms with Crippen molar-refractivity contribution in [2.24, 2.45) is 24.8 Å². The first kappa shape index (κ1) is 15.3. The molecule has 4 aliphatic rings. The van der Waals surface area contributed by atoms with E-state index >= 15 is 0 Å². The molecule has 0 unspecified atom stereocenters. The molecular weight excluding hydrogens is 316 g/mol. The molecule has 26 heavy (non-hydrogen) atoms. The van der Waals surface area contributed by atoms with Crippen LogP contribution in [0.15, 0.2) is 42.5 Å². The van der Waals surface area contributed by atoms with Crippen molar-refractivity contribution in [3.05, 3.63) is 48.0 Å². The molecule has 4 saturated carbocycles. The minimum Gasteiger partial charge on any atom is -0.344 e. The second-order valence-electron chi connectivity index (χ2n) is 9.48. The highest BCUT2D eigenvalue weighted by Crippen LogP contribution is 2.55. The van der Waals surface area contributed by atoms with Crippen molar-refractivity contribution < 1.29 is 0 Å². The number of rotatable bonds is 3. The Morgan fingerprint density at radius 2 is 1.54 bits per heavy atom. The maximum absolute atomic E-state index is 4.05. The van der Waals surface area contributed by atoms with Crippen LogP contribution in [0.25, 0.3) is 21.8 Å². The molecule has 0 atom stereocenters. The maximum atomic E-state index is 4.05. The Hall–Kier alpha value is -1.80. The molecule has 3 aromatic rings. The van der Waals surface area contributed by atoms with Gasteiger partial charge in [-0.1, -0.05) is 30.3 Å². The predicted molar refractivity (Wildman–Crippen MR) is 108 cm³/mol. The molecule has 2 heteroatoms. The topological polar surface area (TPSA) is 17.0 Å². The zero-order valence-electron chi connectivity index (χ0n) is 15.7. The van der Waals surface area contributed by atoms with Gasteiger partial charge in [0.05, 0.1) is 0 Å². The van der Waals surface area contributed by atoms with Gasteiger partial charge in [-0.05, 0) is 74.0 Å². The van der Waals surface area contributed by atoms with E-state index in [1.807, 2.05) is 0 Å². The molecule has 0 amide bonds. The van der Waals surface area contributed by atoms with E-state index in [-0.39, 0.29) is 0 Å². The van der Waals surface area contributed by atoms with Gasteiger partial charge < -0.3 is 9.88 Å². The van der Waals surface area contributed by atoms with Crippen LogP contribution in [0.3, 0.4) is 0 Å². The normalized spacial score (nSPS) is 32.7. The quantitative estimate of drug-likeness (QED) is 0.674. The van der Waals surface area contributed by atoms with Gasteiger partial charge in [0.15, 0.2) is 0 Å². The second-order valence-corrected chi connectivity index (χ2v) is 9.48. The highest BCUT2D eigenvalue weighted by atomic mass is 15.0. The minimum atomic E-state index is 0.447. The fraction of sp³-hybridized carbons (Fsp3) is 0.500. The molecule has 4 aliphatic carbocycles. The molecule has 0 radical (unpaired) electrons. The summed E-state index contributed by atoms with van der Waals surface area (Å²) in [5, 5.41) is 6.80. The van der Waals surface area contributed by atoms with Crippen molar-refractivity contribution in [2.45, 2.75) is 50.6 Å². The summed E-state index contributed by atoms with van der Waals surface area (Å²) in [6.45, 7) is 1.02. The van der Waals surface area contributed by atoms with Crippen LogP contribution in [0, 0.1) is 17.8 Å². The van der Waals surface area contributed by atoms with Crippen molar-refractivity contribution >= 4 is 21.8 Å². The van der Waals surface area contributed by atoms with Crippen molar-refractivity contribution in [1.29, 1.82) is 0 Å². The van der Waals surface area contributed by atoms with E-state index < -0.39 is 0 Å². The number of para-hydroxylation sites is 1. The number of benzene rings is 2. The molecule has 1 heterocycles. The molecule has 0 saturated heterocycles. The summed E-state index contributed by atoms with van der Waals surface area (Å²) in [6.07, 6.45) is 8.83. The highest BCUT2D eigenvalue weighted by Gasteiger charge is 2.50. The average Bonchev–Trinajstić information content (AvgIpc) is 2.92. The van der Waals surface area contributed by atoms with Gasteiger partial charge in [0, 0.05) is 40.9 Å². The SMILES string of the molecule is Cn1c2ccccc2c2ccc(CNC34CC5CC(CC(C5)C3)C4)cc21. The lowest BCUT2D eigenvalue weighted by Crippen LogP contribution is -2.58. The molecule has 0 spiro atoms. The molecule has 7 rings (SSSR count). The van der Waals surface area contributed by atoms with Crippen molar-refractivity contribution in [2.75, 3.05) is 0 Å². The Kier molecular flexibility index (Phi) is 3.15. The van der Waals surface area contributed by atoms with Gasteiger partial charge >= 0.3 is 0 Å². The lowest BCUT2D eigenvalue weighted by Gasteiger charge is -2.57. The number of hydrogen-bond donors (Lipinski definition) is 1. The largest absolute Gasteiger partial charge is 0.344 e. The van der Waals surface area contributed by atoms with Crippen LogP contribution in [0.4, 0.5) is 0 Å². The Morgan fingerprint density at radius 1 is 0.885 bits per heavy atom. The van der Waals surface area contributed by atoms with E-state index in [4.69, 9.17) is 0 Å². The van der Waals surface area contributed by atoms with Crippen molar-refractivity contribution in [3.63, 3.8) is 0 Å². The molecule has 1 aromatic heterocycles. The molecule has 4 bridgehead atoms. The van der Waals surface area contributed by atoms with Crippen molar-refractivity contribution in [3.8, 4) is 0 Å². The summed E-state index contributed by atoms with van der Waals surface area (Å²) in [4.78, 5) is 0. The van der Waals surface area contributed by atoms with Gasteiger partial charge in [-0.15, -0.1) is 0 Å². The van der Waals surface area contributed by atoms with Gasteiger partial charge in [0.2, 0.25) is 0 Å². The number of aryl methyl sites for hydroxylation is 1. The van der Waals surface area contributed by atoms with E-state index in [2.05, 4.69) is 59.4 Å². The summed E-state index contributed by atoms with van der Waals surface area (Å²) < 4.78 is 2.35. The van der Waals surface area contributed by atoms with E-state index in [0.29, 0.717) is 5.54 Å². The zero-order valence-corrected chi connectivity index (χ0v) is 15.7. The fourth-order valence-electron chi connectivity index (χ4n) is 6.93. The van der Waals surface area contributed by atoms with Gasteiger partial charge in [0.1, 0.15) is 0 Å². The lowest BCUT2D eigenvalue weighted by atomic mass is 9.53. The van der Waals surface area contributed by atoms with Crippen LogP contribution >= 0.6 is 0 Å². The second kappa shape index (κ2) is 5.36. The molecule has 2 nitrogen and oxygen atoms in total. The molecular formula is C24H28N2. The number of nitrogens with one attached hydrogen (secondary N) is 1. The lowest BCUT2D eigenvalue weighted by molar-refractivity contribution is -0.0206. The first-order valence-electron chi connectivity index (χ1n) is 10.4. The molecule has 0 aliphatic heterocycles. The number of aromatic nitrogens is 1. The number of fused-ring (bicyclic) bond motifs is 3. The Morgan fingerprint density at radius 3 is 2.27 bits per heavy atom. The first-order chi connectivity index (χ1) is 12.7. The average molecular weight is 345 g/mol. The molecule has 4 fully saturated rings. The van der Waals surface area contributed by atoms with Crippen molar-refractivity contribution in [1.82, 2.24) is 9.88 Å². The zero-order chi connectivity index (χ0) is 17.3. The standard InChI is InChI=1S/C24H28N2/c1-26-22-5-3-2-4-20(22)21-7-6-16(11-23(21)26)15-25-24-12-17-8-18(13-24)10-19(9-17)14-24/h2-7,11,17-19,25H,8-10,12-15H2,1H3. The van der Waals surface area contributed by atoms with E-state index in [1.54, 1.807) is 0 Å². The number of nitrogens with zero attached hydrogens (tertiary/aromatic N) is 1. The van der Waals surface area contributed by atoms with Gasteiger partial charge in [-0.3, -0.25) is 0 Å². The molecule has 2 aromatic carbocycles. The third-order valence-electron chi connectivity index (χ3n) is 7.68. The van der Waals surface area contributed by atoms with Gasteiger partial charge in [-0.25, -0.2) is 0 Å². The van der Waals surface area contributed by atoms with Crippen LogP contribution in [0.5, 0.6) is 0 Å². The Bertz CT molecular complexity index is 961. The predicted octanol–water partition coefficient (Wildman–Crippen LogP) is 5.39. The third-order valence-corrected chi connectivity index (χ3v) is 7.68. The van der Waals surface area contributed by atoms with E-state index in [9.17, 15) is 0 Å². The van der Waals surface area contributed by atoms with Crippen LogP contribution in [0.1, 0.15) is 44.1 Å². The third kappa shape index (κ3) is 2.21. The Labute approximate surface area is 155 Å².